The van der Waals surface area contributed by atoms with E-state index in [2.05, 4.69) is 40.1 Å². The lowest BCUT2D eigenvalue weighted by Crippen LogP contribution is -2.56. The Balaban J connectivity index is 1.21. The van der Waals surface area contributed by atoms with Crippen LogP contribution in [0.15, 0.2) is 30.3 Å². The monoisotopic (exact) mass is 395 g/mol. The summed E-state index contributed by atoms with van der Waals surface area (Å²) < 4.78 is 0. The Morgan fingerprint density at radius 1 is 0.931 bits per heavy atom. The quantitative estimate of drug-likeness (QED) is 0.850. The maximum absolute atomic E-state index is 13.4. The van der Waals surface area contributed by atoms with Crippen molar-refractivity contribution in [3.8, 4) is 0 Å². The first-order valence-corrected chi connectivity index (χ1v) is 12.0. The van der Waals surface area contributed by atoms with Gasteiger partial charge in [-0.1, -0.05) is 36.8 Å². The van der Waals surface area contributed by atoms with Gasteiger partial charge in [-0.2, -0.15) is 0 Å². The highest BCUT2D eigenvalue weighted by molar-refractivity contribution is 5.79. The normalized spacial score (nSPS) is 37.8. The Hall–Kier alpha value is -1.39. The van der Waals surface area contributed by atoms with Crippen LogP contribution in [0.2, 0.25) is 0 Å². The minimum atomic E-state index is 0.241. The van der Waals surface area contributed by atoms with Gasteiger partial charge in [0.05, 0.1) is 0 Å². The molecule has 4 fully saturated rings. The fourth-order valence-corrected chi connectivity index (χ4v) is 6.97. The summed E-state index contributed by atoms with van der Waals surface area (Å²) in [6.07, 6.45) is 9.56. The Morgan fingerprint density at radius 3 is 2.41 bits per heavy atom. The lowest BCUT2D eigenvalue weighted by molar-refractivity contribution is -0.142. The summed E-state index contributed by atoms with van der Waals surface area (Å²) in [6, 6.07) is 11.9. The number of amides is 1. The van der Waals surface area contributed by atoms with Crippen LogP contribution in [0.3, 0.4) is 0 Å². The zero-order valence-electron chi connectivity index (χ0n) is 17.7. The zero-order chi connectivity index (χ0) is 19.8. The summed E-state index contributed by atoms with van der Waals surface area (Å²) in [5.41, 5.74) is 7.87. The summed E-state index contributed by atoms with van der Waals surface area (Å²) in [5, 5.41) is 0. The van der Waals surface area contributed by atoms with E-state index in [9.17, 15) is 4.79 Å². The van der Waals surface area contributed by atoms with Gasteiger partial charge in [0.2, 0.25) is 5.91 Å². The van der Waals surface area contributed by atoms with Crippen LogP contribution in [0, 0.1) is 23.7 Å². The highest BCUT2D eigenvalue weighted by Crippen LogP contribution is 2.43. The van der Waals surface area contributed by atoms with Crippen molar-refractivity contribution >= 4 is 5.91 Å². The van der Waals surface area contributed by atoms with E-state index >= 15 is 0 Å². The van der Waals surface area contributed by atoms with E-state index in [0.29, 0.717) is 35.7 Å². The number of benzene rings is 1. The second kappa shape index (κ2) is 8.39. The van der Waals surface area contributed by atoms with E-state index < -0.39 is 0 Å². The van der Waals surface area contributed by atoms with Crippen molar-refractivity contribution in [3.05, 3.63) is 35.9 Å². The Labute approximate surface area is 175 Å². The van der Waals surface area contributed by atoms with Crippen molar-refractivity contribution in [3.63, 3.8) is 0 Å². The Morgan fingerprint density at radius 2 is 1.66 bits per heavy atom. The third-order valence-corrected chi connectivity index (χ3v) is 8.49. The number of nitrogens with two attached hydrogens (primary N) is 1. The second-order valence-corrected chi connectivity index (χ2v) is 10.2. The van der Waals surface area contributed by atoms with Gasteiger partial charge in [-0.15, -0.1) is 0 Å². The minimum absolute atomic E-state index is 0.241. The molecular weight excluding hydrogens is 358 g/mol. The molecule has 0 aromatic heterocycles. The van der Waals surface area contributed by atoms with Gasteiger partial charge in [0.15, 0.2) is 0 Å². The average molecular weight is 396 g/mol. The first kappa shape index (κ1) is 19.6. The summed E-state index contributed by atoms with van der Waals surface area (Å²) in [5.74, 6) is 2.52. The summed E-state index contributed by atoms with van der Waals surface area (Å²) >= 11 is 0. The van der Waals surface area contributed by atoms with Crippen LogP contribution in [-0.4, -0.2) is 47.4 Å². The molecule has 1 amide bonds. The molecule has 0 radical (unpaired) electrons. The summed E-state index contributed by atoms with van der Waals surface area (Å²) in [4.78, 5) is 18.3. The average Bonchev–Trinajstić information content (AvgIpc) is 2.74. The maximum atomic E-state index is 13.4. The molecule has 2 saturated carbocycles. The second-order valence-electron chi connectivity index (χ2n) is 10.2. The number of carbonyl (C=O) groups is 1. The Kier molecular flexibility index (Phi) is 5.66. The summed E-state index contributed by atoms with van der Waals surface area (Å²) in [7, 11) is 0. The van der Waals surface area contributed by atoms with Gasteiger partial charge >= 0.3 is 0 Å². The predicted octanol–water partition coefficient (Wildman–Crippen LogP) is 3.65. The molecule has 1 aromatic carbocycles. The molecule has 158 valence electrons. The van der Waals surface area contributed by atoms with Crippen molar-refractivity contribution in [1.29, 1.82) is 0 Å². The first-order valence-electron chi connectivity index (χ1n) is 12.0. The number of likely N-dealkylation sites (tertiary alicyclic amines) is 2. The van der Waals surface area contributed by atoms with Gasteiger partial charge in [0.1, 0.15) is 0 Å². The van der Waals surface area contributed by atoms with Crippen LogP contribution in [-0.2, 0) is 11.3 Å². The molecule has 2 N–H and O–H groups in total. The third-order valence-electron chi connectivity index (χ3n) is 8.49. The molecule has 2 aliphatic heterocycles. The van der Waals surface area contributed by atoms with Gasteiger partial charge in [-0.05, 0) is 74.8 Å². The zero-order valence-corrected chi connectivity index (χ0v) is 17.7. The molecule has 2 heterocycles. The van der Waals surface area contributed by atoms with Crippen LogP contribution in [0.5, 0.6) is 0 Å². The van der Waals surface area contributed by atoms with E-state index in [0.717, 1.165) is 38.9 Å². The Bertz CT molecular complexity index is 693. The number of nitrogens with zero attached hydrogens (tertiary/aromatic N) is 2. The van der Waals surface area contributed by atoms with Gasteiger partial charge in [0.25, 0.3) is 0 Å². The molecule has 4 atom stereocenters. The van der Waals surface area contributed by atoms with Crippen molar-refractivity contribution in [2.24, 2.45) is 29.4 Å². The fraction of sp³-hybridized carbons (Fsp3) is 0.720. The van der Waals surface area contributed by atoms with Crippen molar-refractivity contribution < 1.29 is 4.79 Å². The molecule has 1 aromatic rings. The highest BCUT2D eigenvalue weighted by atomic mass is 16.2. The predicted molar refractivity (Wildman–Crippen MR) is 116 cm³/mol. The van der Waals surface area contributed by atoms with E-state index in [4.69, 9.17) is 5.73 Å². The number of carbonyl (C=O) groups excluding carboxylic acids is 1. The maximum Gasteiger partial charge on any atom is 0.225 e. The third kappa shape index (κ3) is 3.98. The van der Waals surface area contributed by atoms with Crippen molar-refractivity contribution in [2.75, 3.05) is 19.6 Å². The van der Waals surface area contributed by atoms with E-state index in [-0.39, 0.29) is 5.92 Å². The molecule has 2 bridgehead atoms. The lowest BCUT2D eigenvalue weighted by atomic mass is 9.64. The minimum Gasteiger partial charge on any atom is -0.342 e. The first-order chi connectivity index (χ1) is 14.2. The molecule has 29 heavy (non-hydrogen) atoms. The summed E-state index contributed by atoms with van der Waals surface area (Å²) in [6.45, 7) is 4.18. The SMILES string of the molecule is NC1C2CCCC1CC(C(=O)N1CCC3C(CCCN3Cc3ccccc3)C1)C2. The van der Waals surface area contributed by atoms with E-state index in [1.807, 2.05) is 0 Å². The largest absolute Gasteiger partial charge is 0.342 e. The van der Waals surface area contributed by atoms with Gasteiger partial charge in [-0.3, -0.25) is 9.69 Å². The van der Waals surface area contributed by atoms with Crippen molar-refractivity contribution in [1.82, 2.24) is 9.80 Å². The molecular formula is C25H37N3O. The number of hydrogen-bond donors (Lipinski definition) is 1. The molecule has 4 heteroatoms. The van der Waals surface area contributed by atoms with Gasteiger partial charge in [-0.25, -0.2) is 0 Å². The molecule has 4 aliphatic rings. The van der Waals surface area contributed by atoms with Crippen LogP contribution >= 0.6 is 0 Å². The number of fused-ring (bicyclic) bond motifs is 3. The smallest absolute Gasteiger partial charge is 0.225 e. The van der Waals surface area contributed by atoms with E-state index in [1.165, 1.54) is 44.2 Å². The van der Waals surface area contributed by atoms with Crippen LogP contribution < -0.4 is 5.73 Å². The molecule has 0 spiro atoms. The van der Waals surface area contributed by atoms with Gasteiger partial charge < -0.3 is 10.6 Å². The van der Waals surface area contributed by atoms with Crippen LogP contribution in [0.1, 0.15) is 56.9 Å². The molecule has 2 aliphatic carbocycles. The van der Waals surface area contributed by atoms with Gasteiger partial charge in [0, 0.05) is 37.6 Å². The number of rotatable bonds is 3. The van der Waals surface area contributed by atoms with Crippen LogP contribution in [0.4, 0.5) is 0 Å². The number of piperidine rings is 2. The van der Waals surface area contributed by atoms with E-state index in [1.54, 1.807) is 0 Å². The lowest BCUT2D eigenvalue weighted by Gasteiger charge is -2.49. The molecule has 4 nitrogen and oxygen atoms in total. The molecule has 5 rings (SSSR count). The van der Waals surface area contributed by atoms with Crippen molar-refractivity contribution in [2.45, 2.75) is 70.0 Å². The molecule has 4 unspecified atom stereocenters. The fourth-order valence-electron chi connectivity index (χ4n) is 6.97. The van der Waals surface area contributed by atoms with Crippen LogP contribution in [0.25, 0.3) is 0 Å². The molecule has 2 saturated heterocycles. The number of hydrogen-bond acceptors (Lipinski definition) is 3. The highest BCUT2D eigenvalue weighted by Gasteiger charge is 2.43. The standard InChI is InChI=1S/C25H37N3O/c26-24-19-8-4-9-20(24)15-22(14-19)25(29)28-13-11-23-21(17-28)10-5-12-27(23)16-18-6-2-1-3-7-18/h1-3,6-7,19-24H,4-5,8-17,26H2. The topological polar surface area (TPSA) is 49.6 Å².